The smallest absolute Gasteiger partial charge is 0.181 e. The van der Waals surface area contributed by atoms with Crippen molar-refractivity contribution in [2.75, 3.05) is 0 Å². The molecule has 3 nitrogen and oxygen atoms in total. The molecular weight excluding hydrogens is 210 g/mol. The number of carbonyl (C=O) groups excluding carboxylic acids is 1. The number of hydrogen-bond donors (Lipinski definition) is 0. The molecular formula is C11H9NO2S. The predicted molar refractivity (Wildman–Crippen MR) is 58.8 cm³/mol. The molecule has 0 aliphatic rings. The van der Waals surface area contributed by atoms with E-state index in [1.807, 2.05) is 19.1 Å². The van der Waals surface area contributed by atoms with Crippen LogP contribution in [0.15, 0.2) is 30.5 Å². The second kappa shape index (κ2) is 4.23. The summed E-state index contributed by atoms with van der Waals surface area (Å²) >= 11 is 1.32. The van der Waals surface area contributed by atoms with Gasteiger partial charge in [-0.05, 0) is 31.2 Å². The van der Waals surface area contributed by atoms with Crippen LogP contribution in [0.4, 0.5) is 0 Å². The van der Waals surface area contributed by atoms with Gasteiger partial charge >= 0.3 is 0 Å². The van der Waals surface area contributed by atoms with Gasteiger partial charge in [-0.15, -0.1) is 0 Å². The van der Waals surface area contributed by atoms with Crippen molar-refractivity contribution in [3.05, 3.63) is 41.0 Å². The van der Waals surface area contributed by atoms with Gasteiger partial charge in [0.1, 0.15) is 5.75 Å². The topological polar surface area (TPSA) is 39.2 Å². The summed E-state index contributed by atoms with van der Waals surface area (Å²) in [5, 5.41) is 0.702. The lowest BCUT2D eigenvalue weighted by atomic mass is 10.3. The van der Waals surface area contributed by atoms with Crippen LogP contribution in [-0.2, 0) is 0 Å². The molecule has 2 aromatic rings. The average Bonchev–Trinajstić information content (AvgIpc) is 2.69. The van der Waals surface area contributed by atoms with Gasteiger partial charge in [-0.25, -0.2) is 0 Å². The Hall–Kier alpha value is -1.68. The van der Waals surface area contributed by atoms with Crippen molar-refractivity contribution in [2.45, 2.75) is 6.92 Å². The van der Waals surface area contributed by atoms with Gasteiger partial charge in [-0.1, -0.05) is 11.3 Å². The summed E-state index contributed by atoms with van der Waals surface area (Å²) in [6, 6.07) is 7.18. The predicted octanol–water partition coefficient (Wildman–Crippen LogP) is 3.06. The Balaban J connectivity index is 2.22. The maximum atomic E-state index is 10.5. The molecule has 0 saturated heterocycles. The third-order valence-electron chi connectivity index (χ3n) is 1.89. The number of aldehydes is 1. The van der Waals surface area contributed by atoms with E-state index in [9.17, 15) is 4.79 Å². The molecule has 4 heteroatoms. The molecule has 0 unspecified atom stereocenters. The Morgan fingerprint density at radius 1 is 1.40 bits per heavy atom. The van der Waals surface area contributed by atoms with Crippen molar-refractivity contribution in [3.8, 4) is 10.8 Å². The van der Waals surface area contributed by atoms with Crippen LogP contribution < -0.4 is 4.74 Å². The number of nitrogens with zero attached hydrogens (tertiary/aromatic N) is 1. The van der Waals surface area contributed by atoms with Gasteiger partial charge in [0.05, 0.1) is 10.6 Å². The number of carbonyl (C=O) groups is 1. The van der Waals surface area contributed by atoms with Crippen LogP contribution in [0, 0.1) is 6.92 Å². The van der Waals surface area contributed by atoms with E-state index < -0.39 is 0 Å². The molecule has 76 valence electrons. The fourth-order valence-electron chi connectivity index (χ4n) is 1.14. The van der Waals surface area contributed by atoms with Crippen LogP contribution in [0.1, 0.15) is 15.4 Å². The summed E-state index contributed by atoms with van der Waals surface area (Å²) in [5.74, 6) is 0.719. The monoisotopic (exact) mass is 219 g/mol. The van der Waals surface area contributed by atoms with E-state index in [1.165, 1.54) is 11.3 Å². The highest BCUT2D eigenvalue weighted by Crippen LogP contribution is 2.29. The van der Waals surface area contributed by atoms with E-state index in [2.05, 4.69) is 4.98 Å². The van der Waals surface area contributed by atoms with Crippen LogP contribution in [0.3, 0.4) is 0 Å². The standard InChI is InChI=1S/C11H9NO2S/c1-8-10(3-2-6-12-8)14-11-5-4-9(7-13)15-11/h2-7H,1H3. The quantitative estimate of drug-likeness (QED) is 0.745. The Kier molecular flexibility index (Phi) is 2.78. The minimum Gasteiger partial charge on any atom is -0.445 e. The average molecular weight is 219 g/mol. The van der Waals surface area contributed by atoms with Gasteiger partial charge < -0.3 is 4.74 Å². The van der Waals surface area contributed by atoms with Gasteiger partial charge in [0, 0.05) is 6.20 Å². The first-order valence-corrected chi connectivity index (χ1v) is 5.26. The number of rotatable bonds is 3. The second-order valence-electron chi connectivity index (χ2n) is 2.96. The summed E-state index contributed by atoms with van der Waals surface area (Å²) in [6.07, 6.45) is 2.53. The zero-order valence-corrected chi connectivity index (χ0v) is 8.95. The Labute approximate surface area is 91.4 Å². The summed E-state index contributed by atoms with van der Waals surface area (Å²) in [6.45, 7) is 1.88. The summed E-state index contributed by atoms with van der Waals surface area (Å²) in [7, 11) is 0. The molecule has 0 saturated carbocycles. The Morgan fingerprint density at radius 2 is 2.27 bits per heavy atom. The molecule has 0 N–H and O–H groups in total. The number of hydrogen-bond acceptors (Lipinski definition) is 4. The number of ether oxygens (including phenoxy) is 1. The first-order chi connectivity index (χ1) is 7.29. The van der Waals surface area contributed by atoms with Crippen molar-refractivity contribution in [1.29, 1.82) is 0 Å². The van der Waals surface area contributed by atoms with Crippen LogP contribution in [0.25, 0.3) is 0 Å². The van der Waals surface area contributed by atoms with Crippen molar-refractivity contribution < 1.29 is 9.53 Å². The van der Waals surface area contributed by atoms with Gasteiger partial charge in [0.15, 0.2) is 11.3 Å². The first kappa shape index (κ1) is 9.86. The molecule has 2 rings (SSSR count). The zero-order chi connectivity index (χ0) is 10.7. The highest BCUT2D eigenvalue weighted by molar-refractivity contribution is 7.15. The van der Waals surface area contributed by atoms with E-state index in [-0.39, 0.29) is 0 Å². The highest BCUT2D eigenvalue weighted by atomic mass is 32.1. The SMILES string of the molecule is Cc1ncccc1Oc1ccc(C=O)s1. The van der Waals surface area contributed by atoms with E-state index in [1.54, 1.807) is 18.3 Å². The fourth-order valence-corrected chi connectivity index (χ4v) is 1.82. The maximum absolute atomic E-state index is 10.5. The molecule has 0 spiro atoms. The number of aryl methyl sites for hydroxylation is 1. The maximum Gasteiger partial charge on any atom is 0.181 e. The molecule has 2 aromatic heterocycles. The van der Waals surface area contributed by atoms with Crippen molar-refractivity contribution in [3.63, 3.8) is 0 Å². The van der Waals surface area contributed by atoms with Gasteiger partial charge in [0.2, 0.25) is 0 Å². The zero-order valence-electron chi connectivity index (χ0n) is 8.14. The minimum absolute atomic E-state index is 0.659. The summed E-state index contributed by atoms with van der Waals surface area (Å²) in [5.41, 5.74) is 0.832. The van der Waals surface area contributed by atoms with Crippen LogP contribution in [0.5, 0.6) is 10.8 Å². The lowest BCUT2D eigenvalue weighted by molar-refractivity contribution is 0.112. The molecule has 0 aliphatic carbocycles. The van der Waals surface area contributed by atoms with E-state index in [4.69, 9.17) is 4.74 Å². The number of aromatic nitrogens is 1. The highest BCUT2D eigenvalue weighted by Gasteiger charge is 2.04. The molecule has 0 atom stereocenters. The minimum atomic E-state index is 0.659. The van der Waals surface area contributed by atoms with Crippen LogP contribution >= 0.6 is 11.3 Å². The van der Waals surface area contributed by atoms with Crippen molar-refractivity contribution >= 4 is 17.6 Å². The number of pyridine rings is 1. The molecule has 0 fully saturated rings. The Bertz CT molecular complexity index is 479. The van der Waals surface area contributed by atoms with E-state index >= 15 is 0 Å². The fraction of sp³-hybridized carbons (Fsp3) is 0.0909. The van der Waals surface area contributed by atoms with Gasteiger partial charge in [0.25, 0.3) is 0 Å². The summed E-state index contributed by atoms with van der Waals surface area (Å²) in [4.78, 5) is 15.3. The van der Waals surface area contributed by atoms with Crippen LogP contribution in [0.2, 0.25) is 0 Å². The molecule has 0 aliphatic heterocycles. The largest absolute Gasteiger partial charge is 0.445 e. The first-order valence-electron chi connectivity index (χ1n) is 4.44. The van der Waals surface area contributed by atoms with Gasteiger partial charge in [-0.3, -0.25) is 9.78 Å². The molecule has 0 radical (unpaired) electrons. The van der Waals surface area contributed by atoms with E-state index in [0.717, 1.165) is 17.7 Å². The molecule has 15 heavy (non-hydrogen) atoms. The van der Waals surface area contributed by atoms with E-state index in [0.29, 0.717) is 9.94 Å². The molecule has 0 bridgehead atoms. The normalized spacial score (nSPS) is 9.93. The Morgan fingerprint density at radius 3 is 2.93 bits per heavy atom. The molecule has 2 heterocycles. The van der Waals surface area contributed by atoms with Crippen LogP contribution in [-0.4, -0.2) is 11.3 Å². The molecule has 0 amide bonds. The van der Waals surface area contributed by atoms with Gasteiger partial charge in [-0.2, -0.15) is 0 Å². The third-order valence-corrected chi connectivity index (χ3v) is 2.78. The number of thiophene rings is 1. The summed E-state index contributed by atoms with van der Waals surface area (Å²) < 4.78 is 5.59. The third kappa shape index (κ3) is 2.22. The lowest BCUT2D eigenvalue weighted by Crippen LogP contribution is -1.87. The van der Waals surface area contributed by atoms with Crippen molar-refractivity contribution in [1.82, 2.24) is 4.98 Å². The van der Waals surface area contributed by atoms with Crippen molar-refractivity contribution in [2.24, 2.45) is 0 Å². The molecule has 0 aromatic carbocycles. The second-order valence-corrected chi connectivity index (χ2v) is 4.04. The lowest BCUT2D eigenvalue weighted by Gasteiger charge is -2.04.